The molecular formula is C20H20N2O2. The Balaban J connectivity index is 1.92. The van der Waals surface area contributed by atoms with Gasteiger partial charge in [-0.25, -0.2) is 5.43 Å². The summed E-state index contributed by atoms with van der Waals surface area (Å²) >= 11 is 0. The van der Waals surface area contributed by atoms with E-state index in [1.807, 2.05) is 24.3 Å². The van der Waals surface area contributed by atoms with Gasteiger partial charge in [-0.15, -0.1) is 0 Å². The summed E-state index contributed by atoms with van der Waals surface area (Å²) in [5, 5.41) is 17.8. The van der Waals surface area contributed by atoms with E-state index in [1.54, 1.807) is 13.1 Å². The lowest BCUT2D eigenvalue weighted by molar-refractivity contribution is -0.121. The Hall–Kier alpha value is -2.72. The molecule has 0 aromatic heterocycles. The van der Waals surface area contributed by atoms with E-state index in [4.69, 9.17) is 0 Å². The van der Waals surface area contributed by atoms with Crippen molar-refractivity contribution in [2.75, 3.05) is 0 Å². The molecule has 122 valence electrons. The van der Waals surface area contributed by atoms with Crippen LogP contribution in [0.15, 0.2) is 59.7 Å². The van der Waals surface area contributed by atoms with Crippen molar-refractivity contribution in [3.8, 4) is 0 Å². The van der Waals surface area contributed by atoms with Gasteiger partial charge in [-0.1, -0.05) is 48.5 Å². The number of fused-ring (bicyclic) bond motifs is 2. The highest BCUT2D eigenvalue weighted by Gasteiger charge is 2.06. The normalized spacial score (nSPS) is 12.8. The van der Waals surface area contributed by atoms with Crippen molar-refractivity contribution < 1.29 is 9.90 Å². The first-order valence-corrected chi connectivity index (χ1v) is 8.05. The van der Waals surface area contributed by atoms with Crippen molar-refractivity contribution in [1.82, 2.24) is 5.43 Å². The second-order valence-corrected chi connectivity index (χ2v) is 5.91. The highest BCUT2D eigenvalue weighted by Crippen LogP contribution is 2.27. The predicted molar refractivity (Wildman–Crippen MR) is 98.1 cm³/mol. The van der Waals surface area contributed by atoms with E-state index in [1.165, 1.54) is 0 Å². The van der Waals surface area contributed by atoms with Crippen LogP contribution in [0.1, 0.15) is 25.3 Å². The summed E-state index contributed by atoms with van der Waals surface area (Å²) in [6, 6.07) is 18.4. The minimum Gasteiger partial charge on any atom is -0.393 e. The average molecular weight is 320 g/mol. The number of hydrazone groups is 1. The third-order valence-electron chi connectivity index (χ3n) is 3.99. The van der Waals surface area contributed by atoms with Crippen LogP contribution < -0.4 is 5.43 Å². The molecule has 1 atom stereocenters. The Kier molecular flexibility index (Phi) is 4.87. The van der Waals surface area contributed by atoms with Crippen LogP contribution in [-0.2, 0) is 4.79 Å². The number of hydrogen-bond donors (Lipinski definition) is 2. The lowest BCUT2D eigenvalue weighted by Gasteiger charge is -2.08. The van der Waals surface area contributed by atoms with Crippen molar-refractivity contribution in [2.45, 2.75) is 25.9 Å². The minimum absolute atomic E-state index is 0.198. The van der Waals surface area contributed by atoms with Gasteiger partial charge >= 0.3 is 0 Å². The number of aliphatic hydroxyl groups excluding tert-OH is 1. The lowest BCUT2D eigenvalue weighted by atomic mass is 9.97. The smallest absolute Gasteiger partial charge is 0.240 e. The number of amides is 1. The van der Waals surface area contributed by atoms with Crippen molar-refractivity contribution in [2.24, 2.45) is 5.10 Å². The summed E-state index contributed by atoms with van der Waals surface area (Å²) in [6.07, 6.45) is 1.90. The topological polar surface area (TPSA) is 61.7 Å². The number of carbonyl (C=O) groups is 1. The Morgan fingerprint density at radius 3 is 2.29 bits per heavy atom. The van der Waals surface area contributed by atoms with E-state index in [2.05, 4.69) is 40.9 Å². The maximum Gasteiger partial charge on any atom is 0.240 e. The van der Waals surface area contributed by atoms with Gasteiger partial charge < -0.3 is 5.11 Å². The number of nitrogens with zero attached hydrogens (tertiary/aromatic N) is 1. The molecule has 0 heterocycles. The van der Waals surface area contributed by atoms with Crippen molar-refractivity contribution in [3.63, 3.8) is 0 Å². The maximum atomic E-state index is 11.7. The fourth-order valence-corrected chi connectivity index (χ4v) is 2.75. The number of rotatable bonds is 5. The van der Waals surface area contributed by atoms with Crippen LogP contribution in [0.3, 0.4) is 0 Å². The summed E-state index contributed by atoms with van der Waals surface area (Å²) < 4.78 is 0. The van der Waals surface area contributed by atoms with Gasteiger partial charge in [0.1, 0.15) is 0 Å². The third kappa shape index (κ3) is 3.60. The summed E-state index contributed by atoms with van der Waals surface area (Å²) in [4.78, 5) is 11.7. The first kappa shape index (κ1) is 16.1. The molecule has 0 spiro atoms. The van der Waals surface area contributed by atoms with Crippen LogP contribution in [0.5, 0.6) is 0 Å². The molecule has 0 saturated carbocycles. The highest BCUT2D eigenvalue weighted by atomic mass is 16.3. The number of hydrogen-bond acceptors (Lipinski definition) is 3. The summed E-state index contributed by atoms with van der Waals surface area (Å²) in [7, 11) is 0. The molecule has 0 aliphatic heterocycles. The average Bonchev–Trinajstić information content (AvgIpc) is 2.59. The van der Waals surface area contributed by atoms with Crippen LogP contribution >= 0.6 is 0 Å². The lowest BCUT2D eigenvalue weighted by Crippen LogP contribution is -2.18. The van der Waals surface area contributed by atoms with Gasteiger partial charge in [0, 0.05) is 12.0 Å². The Labute approximate surface area is 140 Å². The zero-order valence-electron chi connectivity index (χ0n) is 13.6. The molecule has 0 fully saturated rings. The molecule has 24 heavy (non-hydrogen) atoms. The number of nitrogens with one attached hydrogen (secondary N) is 1. The maximum absolute atomic E-state index is 11.7. The van der Waals surface area contributed by atoms with Crippen LogP contribution in [0.2, 0.25) is 0 Å². The monoisotopic (exact) mass is 320 g/mol. The Bertz CT molecular complexity index is 846. The second kappa shape index (κ2) is 7.23. The molecule has 2 N–H and O–H groups in total. The molecule has 1 unspecified atom stereocenters. The summed E-state index contributed by atoms with van der Waals surface area (Å²) in [6.45, 7) is 1.67. The fraction of sp³-hybridized carbons (Fsp3) is 0.200. The molecular weight excluding hydrogens is 300 g/mol. The molecule has 0 saturated heterocycles. The van der Waals surface area contributed by atoms with Gasteiger partial charge in [0.25, 0.3) is 0 Å². The zero-order valence-corrected chi connectivity index (χ0v) is 13.6. The molecule has 3 aromatic carbocycles. The first-order chi connectivity index (χ1) is 11.6. The van der Waals surface area contributed by atoms with E-state index >= 15 is 0 Å². The fourth-order valence-electron chi connectivity index (χ4n) is 2.75. The molecule has 4 nitrogen and oxygen atoms in total. The summed E-state index contributed by atoms with van der Waals surface area (Å²) in [5.41, 5.74) is 3.52. The quantitative estimate of drug-likeness (QED) is 0.428. The molecule has 0 bridgehead atoms. The molecule has 0 aliphatic rings. The minimum atomic E-state index is -0.484. The van der Waals surface area contributed by atoms with E-state index in [0.29, 0.717) is 6.42 Å². The van der Waals surface area contributed by atoms with Crippen molar-refractivity contribution in [1.29, 1.82) is 0 Å². The van der Waals surface area contributed by atoms with E-state index in [-0.39, 0.29) is 12.3 Å². The van der Waals surface area contributed by atoms with Gasteiger partial charge in [-0.05, 0) is 41.0 Å². The zero-order chi connectivity index (χ0) is 16.9. The SMILES string of the molecule is CC(O)CCC(=O)N/N=C\c1c2ccccc2cc2ccccc12. The molecule has 0 radical (unpaired) electrons. The van der Waals surface area contributed by atoms with E-state index < -0.39 is 6.10 Å². The largest absolute Gasteiger partial charge is 0.393 e. The number of benzene rings is 3. The number of carbonyl (C=O) groups excluding carboxylic acids is 1. The van der Waals surface area contributed by atoms with Gasteiger partial charge in [-0.3, -0.25) is 4.79 Å². The molecule has 1 amide bonds. The van der Waals surface area contributed by atoms with Crippen LogP contribution in [0.25, 0.3) is 21.5 Å². The van der Waals surface area contributed by atoms with Crippen molar-refractivity contribution >= 4 is 33.7 Å². The Morgan fingerprint density at radius 2 is 1.71 bits per heavy atom. The van der Waals surface area contributed by atoms with Crippen LogP contribution in [0.4, 0.5) is 0 Å². The van der Waals surface area contributed by atoms with Crippen molar-refractivity contribution in [3.05, 3.63) is 60.2 Å². The van der Waals surface area contributed by atoms with E-state index in [0.717, 1.165) is 27.1 Å². The second-order valence-electron chi connectivity index (χ2n) is 5.91. The molecule has 3 aromatic rings. The van der Waals surface area contributed by atoms with Gasteiger partial charge in [0.15, 0.2) is 0 Å². The number of aliphatic hydroxyl groups is 1. The molecule has 4 heteroatoms. The molecule has 3 rings (SSSR count). The van der Waals surface area contributed by atoms with Crippen LogP contribution in [-0.4, -0.2) is 23.3 Å². The standard InChI is InChI=1S/C20H20N2O2/c1-14(23)10-11-20(24)22-21-13-19-17-8-4-2-6-15(17)12-16-7-3-5-9-18(16)19/h2-9,12-14,23H,10-11H2,1H3,(H,22,24)/b21-13-. The van der Waals surface area contributed by atoms with E-state index in [9.17, 15) is 9.90 Å². The predicted octanol–water partition coefficient (Wildman–Crippen LogP) is 3.60. The van der Waals surface area contributed by atoms with Gasteiger partial charge in [-0.2, -0.15) is 5.10 Å². The van der Waals surface area contributed by atoms with Gasteiger partial charge in [0.05, 0.1) is 12.3 Å². The van der Waals surface area contributed by atoms with Gasteiger partial charge in [0.2, 0.25) is 5.91 Å². The molecule has 0 aliphatic carbocycles. The first-order valence-electron chi connectivity index (χ1n) is 8.05. The Morgan fingerprint density at radius 1 is 1.12 bits per heavy atom. The highest BCUT2D eigenvalue weighted by molar-refractivity contribution is 6.13. The van der Waals surface area contributed by atoms with Crippen LogP contribution in [0, 0.1) is 0 Å². The summed E-state index contributed by atoms with van der Waals surface area (Å²) in [5.74, 6) is -0.198. The third-order valence-corrected chi connectivity index (χ3v) is 3.99.